The normalized spacial score (nSPS) is 20.3. The minimum atomic E-state index is -2.96. The van der Waals surface area contributed by atoms with Gasteiger partial charge in [0, 0.05) is 35.2 Å². The van der Waals surface area contributed by atoms with Gasteiger partial charge in [-0.25, -0.2) is 8.42 Å². The van der Waals surface area contributed by atoms with Crippen molar-refractivity contribution in [2.75, 3.05) is 11.5 Å². The molecule has 1 aromatic heterocycles. The minimum absolute atomic E-state index is 0.0676. The van der Waals surface area contributed by atoms with Gasteiger partial charge in [-0.1, -0.05) is 22.0 Å². The van der Waals surface area contributed by atoms with Crippen LogP contribution >= 0.6 is 15.9 Å². The minimum Gasteiger partial charge on any atom is -0.352 e. The van der Waals surface area contributed by atoms with Crippen LogP contribution in [-0.4, -0.2) is 36.4 Å². The third-order valence-electron chi connectivity index (χ3n) is 3.91. The average Bonchev–Trinajstić information content (AvgIpc) is 2.99. The van der Waals surface area contributed by atoms with Crippen LogP contribution in [0.25, 0.3) is 10.9 Å². The van der Waals surface area contributed by atoms with Gasteiger partial charge < -0.3 is 9.88 Å². The van der Waals surface area contributed by atoms with Gasteiger partial charge in [-0.15, -0.1) is 0 Å². The van der Waals surface area contributed by atoms with Crippen molar-refractivity contribution in [2.24, 2.45) is 0 Å². The maximum Gasteiger partial charge on any atom is 0.222 e. The number of fused-ring (bicyclic) bond motifs is 1. The van der Waals surface area contributed by atoms with E-state index in [9.17, 15) is 13.2 Å². The summed E-state index contributed by atoms with van der Waals surface area (Å²) in [6, 6.07) is 7.83. The van der Waals surface area contributed by atoms with E-state index in [0.29, 0.717) is 19.4 Å². The third-order valence-corrected chi connectivity index (χ3v) is 6.17. The number of nitrogens with one attached hydrogen (secondary N) is 1. The zero-order valence-corrected chi connectivity index (χ0v) is 14.4. The molecular weight excluding hydrogens is 368 g/mol. The Kier molecular flexibility index (Phi) is 4.27. The molecule has 1 atom stereocenters. The first kappa shape index (κ1) is 15.6. The van der Waals surface area contributed by atoms with Gasteiger partial charge in [-0.3, -0.25) is 4.79 Å². The van der Waals surface area contributed by atoms with Gasteiger partial charge in [-0.05, 0) is 30.0 Å². The molecule has 1 amide bonds. The summed E-state index contributed by atoms with van der Waals surface area (Å²) in [6.07, 6.45) is 2.82. The van der Waals surface area contributed by atoms with E-state index < -0.39 is 9.84 Å². The predicted molar refractivity (Wildman–Crippen MR) is 89.5 cm³/mol. The third kappa shape index (κ3) is 3.52. The van der Waals surface area contributed by atoms with Crippen molar-refractivity contribution in [3.8, 4) is 0 Å². The Morgan fingerprint density at radius 3 is 2.91 bits per heavy atom. The Bertz CT molecular complexity index is 813. The smallest absolute Gasteiger partial charge is 0.222 e. The quantitative estimate of drug-likeness (QED) is 0.877. The monoisotopic (exact) mass is 384 g/mol. The summed E-state index contributed by atoms with van der Waals surface area (Å²) in [5.41, 5.74) is 1.07. The molecule has 0 saturated carbocycles. The van der Waals surface area contributed by atoms with Gasteiger partial charge in [0.25, 0.3) is 0 Å². The van der Waals surface area contributed by atoms with Crippen molar-refractivity contribution in [3.63, 3.8) is 0 Å². The number of aromatic nitrogens is 1. The number of carbonyl (C=O) groups excluding carboxylic acids is 1. The van der Waals surface area contributed by atoms with E-state index in [-0.39, 0.29) is 23.5 Å². The molecule has 2 heterocycles. The molecule has 22 heavy (non-hydrogen) atoms. The van der Waals surface area contributed by atoms with E-state index >= 15 is 0 Å². The molecule has 1 aromatic carbocycles. The highest BCUT2D eigenvalue weighted by molar-refractivity contribution is 9.10. The summed E-state index contributed by atoms with van der Waals surface area (Å²) in [6.45, 7) is 0.575. The molecule has 1 fully saturated rings. The fourth-order valence-electron chi connectivity index (χ4n) is 2.78. The summed E-state index contributed by atoms with van der Waals surface area (Å²) in [5, 5.41) is 3.95. The molecule has 0 radical (unpaired) electrons. The van der Waals surface area contributed by atoms with Gasteiger partial charge in [0.1, 0.15) is 0 Å². The average molecular weight is 385 g/mol. The lowest BCUT2D eigenvalue weighted by atomic mass is 10.2. The molecule has 0 spiro atoms. The predicted octanol–water partition coefficient (Wildman–Crippen LogP) is 2.10. The first-order chi connectivity index (χ1) is 10.4. The fraction of sp³-hybridized carbons (Fsp3) is 0.400. The van der Waals surface area contributed by atoms with Crippen LogP contribution in [0, 0.1) is 0 Å². The number of amides is 1. The van der Waals surface area contributed by atoms with Crippen molar-refractivity contribution in [3.05, 3.63) is 34.9 Å². The molecule has 0 aliphatic carbocycles. The Morgan fingerprint density at radius 2 is 2.18 bits per heavy atom. The highest BCUT2D eigenvalue weighted by Crippen LogP contribution is 2.21. The first-order valence-electron chi connectivity index (χ1n) is 7.17. The Balaban J connectivity index is 1.59. The van der Waals surface area contributed by atoms with Crippen molar-refractivity contribution in [1.82, 2.24) is 9.88 Å². The zero-order valence-electron chi connectivity index (χ0n) is 12.0. The molecule has 118 valence electrons. The number of aryl methyl sites for hydroxylation is 1. The lowest BCUT2D eigenvalue weighted by Crippen LogP contribution is -2.35. The summed E-state index contributed by atoms with van der Waals surface area (Å²) in [5.74, 6) is 0.144. The van der Waals surface area contributed by atoms with Crippen molar-refractivity contribution >= 4 is 42.6 Å². The van der Waals surface area contributed by atoms with Crippen LogP contribution < -0.4 is 5.32 Å². The molecule has 1 aliphatic heterocycles. The maximum absolute atomic E-state index is 12.0. The number of rotatable bonds is 4. The van der Waals surface area contributed by atoms with Crippen LogP contribution in [-0.2, 0) is 21.2 Å². The van der Waals surface area contributed by atoms with E-state index in [0.717, 1.165) is 15.4 Å². The Hall–Kier alpha value is -1.34. The number of carbonyl (C=O) groups is 1. The molecule has 7 heteroatoms. The van der Waals surface area contributed by atoms with Crippen LogP contribution in [0.3, 0.4) is 0 Å². The second-order valence-corrected chi connectivity index (χ2v) is 8.77. The molecule has 1 saturated heterocycles. The Morgan fingerprint density at radius 1 is 1.36 bits per heavy atom. The highest BCUT2D eigenvalue weighted by Gasteiger charge is 2.28. The van der Waals surface area contributed by atoms with E-state index in [1.807, 2.05) is 35.0 Å². The van der Waals surface area contributed by atoms with Gasteiger partial charge in [0.05, 0.1) is 11.5 Å². The second-order valence-electron chi connectivity index (χ2n) is 5.63. The van der Waals surface area contributed by atoms with E-state index in [1.54, 1.807) is 0 Å². The van der Waals surface area contributed by atoms with Crippen LogP contribution in [0.15, 0.2) is 34.9 Å². The number of hydrogen-bond donors (Lipinski definition) is 1. The number of nitrogens with zero attached hydrogens (tertiary/aromatic N) is 1. The molecule has 2 aromatic rings. The van der Waals surface area contributed by atoms with Crippen LogP contribution in [0.2, 0.25) is 0 Å². The summed E-state index contributed by atoms with van der Waals surface area (Å²) in [7, 11) is -2.96. The Labute approximate surface area is 137 Å². The fourth-order valence-corrected chi connectivity index (χ4v) is 4.81. The van der Waals surface area contributed by atoms with Crippen LogP contribution in [0.4, 0.5) is 0 Å². The first-order valence-corrected chi connectivity index (χ1v) is 9.78. The standard InChI is InChI=1S/C15H17BrN2O3S/c16-12-2-1-11-3-6-18(14(11)9-12)7-4-15(19)17-13-5-8-22(20,21)10-13/h1-3,6,9,13H,4-5,7-8,10H2,(H,17,19). The SMILES string of the molecule is O=C(CCn1ccc2ccc(Br)cc21)NC1CCS(=O)(=O)C1. The largest absolute Gasteiger partial charge is 0.352 e. The molecule has 0 bridgehead atoms. The lowest BCUT2D eigenvalue weighted by Gasteiger charge is -2.11. The van der Waals surface area contributed by atoms with Gasteiger partial charge in [0.2, 0.25) is 5.91 Å². The van der Waals surface area contributed by atoms with Crippen LogP contribution in [0.1, 0.15) is 12.8 Å². The molecule has 3 rings (SSSR count). The number of halogens is 1. The summed E-state index contributed by atoms with van der Waals surface area (Å²) >= 11 is 3.45. The van der Waals surface area contributed by atoms with E-state index in [1.165, 1.54) is 0 Å². The van der Waals surface area contributed by atoms with E-state index in [4.69, 9.17) is 0 Å². The number of benzene rings is 1. The van der Waals surface area contributed by atoms with Crippen LogP contribution in [0.5, 0.6) is 0 Å². The topological polar surface area (TPSA) is 68.2 Å². The van der Waals surface area contributed by atoms with Gasteiger partial charge in [-0.2, -0.15) is 0 Å². The lowest BCUT2D eigenvalue weighted by molar-refractivity contribution is -0.121. The molecule has 1 N–H and O–H groups in total. The molecular formula is C15H17BrN2O3S. The summed E-state index contributed by atoms with van der Waals surface area (Å²) < 4.78 is 25.8. The van der Waals surface area contributed by atoms with Crippen molar-refractivity contribution in [1.29, 1.82) is 0 Å². The van der Waals surface area contributed by atoms with E-state index in [2.05, 4.69) is 21.2 Å². The molecule has 1 aliphatic rings. The van der Waals surface area contributed by atoms with Gasteiger partial charge >= 0.3 is 0 Å². The van der Waals surface area contributed by atoms with Crippen molar-refractivity contribution in [2.45, 2.75) is 25.4 Å². The van der Waals surface area contributed by atoms with Crippen molar-refractivity contribution < 1.29 is 13.2 Å². The summed E-state index contributed by atoms with van der Waals surface area (Å²) in [4.78, 5) is 12.0. The maximum atomic E-state index is 12.0. The molecule has 5 nitrogen and oxygen atoms in total. The highest BCUT2D eigenvalue weighted by atomic mass is 79.9. The van der Waals surface area contributed by atoms with Gasteiger partial charge in [0.15, 0.2) is 9.84 Å². The molecule has 1 unspecified atom stereocenters. The number of sulfone groups is 1. The second kappa shape index (κ2) is 6.04. The zero-order chi connectivity index (χ0) is 15.7. The number of hydrogen-bond acceptors (Lipinski definition) is 3.